The van der Waals surface area contributed by atoms with E-state index in [1.165, 1.54) is 0 Å². The van der Waals surface area contributed by atoms with Gasteiger partial charge in [-0.15, -0.1) is 11.6 Å². The second-order valence-electron chi connectivity index (χ2n) is 4.03. The highest BCUT2D eigenvalue weighted by Gasteiger charge is 2.18. The van der Waals surface area contributed by atoms with Crippen molar-refractivity contribution in [1.82, 2.24) is 26.6 Å². The molecule has 2 rings (SSSR count). The van der Waals surface area contributed by atoms with E-state index >= 15 is 0 Å². The fraction of sp³-hybridized carbons (Fsp3) is 0.400. The number of alkyl halides is 1. The number of benzene rings is 1. The van der Waals surface area contributed by atoms with Crippen LogP contribution in [0.25, 0.3) is 0 Å². The van der Waals surface area contributed by atoms with Gasteiger partial charge in [-0.05, 0) is 24.1 Å². The molecular weight excluding hydrogens is 290 g/mol. The van der Waals surface area contributed by atoms with Gasteiger partial charge in [-0.1, -0.05) is 12.1 Å². The average molecular weight is 306 g/mol. The van der Waals surface area contributed by atoms with Gasteiger partial charge in [0.25, 0.3) is 0 Å². The van der Waals surface area contributed by atoms with E-state index in [2.05, 4.69) is 26.6 Å². The molecule has 7 nitrogen and oxygen atoms in total. The summed E-state index contributed by atoms with van der Waals surface area (Å²) in [5.74, 6) is 0.517. The maximum Gasteiger partial charge on any atom is 0.240 e. The second-order valence-corrected chi connectivity index (χ2v) is 6.17. The summed E-state index contributed by atoms with van der Waals surface area (Å²) in [5, 5.41) is 0. The third-order valence-corrected chi connectivity index (χ3v) is 4.28. The van der Waals surface area contributed by atoms with Gasteiger partial charge >= 0.3 is 0 Å². The minimum atomic E-state index is -3.50. The monoisotopic (exact) mass is 305 g/mol. The summed E-state index contributed by atoms with van der Waals surface area (Å²) in [6.45, 7) is 0.214. The van der Waals surface area contributed by atoms with Gasteiger partial charge in [0.05, 0.1) is 11.1 Å². The summed E-state index contributed by atoms with van der Waals surface area (Å²) in [4.78, 5) is 0.240. The molecule has 5 N–H and O–H groups in total. The van der Waals surface area contributed by atoms with Crippen molar-refractivity contribution in [2.75, 3.05) is 12.4 Å². The van der Waals surface area contributed by atoms with Crippen molar-refractivity contribution in [3.05, 3.63) is 29.8 Å². The molecule has 19 heavy (non-hydrogen) atoms. The van der Waals surface area contributed by atoms with Gasteiger partial charge in [0.1, 0.15) is 0 Å². The van der Waals surface area contributed by atoms with Gasteiger partial charge in [0.2, 0.25) is 10.0 Å². The third-order valence-electron chi connectivity index (χ3n) is 2.65. The van der Waals surface area contributed by atoms with E-state index in [9.17, 15) is 8.42 Å². The SMILES string of the molecule is O=S(=O)(NCC1NNNN1)c1ccc(CCCl)cc1. The van der Waals surface area contributed by atoms with Crippen molar-refractivity contribution in [3.8, 4) is 0 Å². The molecule has 1 saturated heterocycles. The molecule has 0 bridgehead atoms. The van der Waals surface area contributed by atoms with Crippen LogP contribution >= 0.6 is 11.6 Å². The van der Waals surface area contributed by atoms with Crippen LogP contribution in [0.2, 0.25) is 0 Å². The molecule has 0 aromatic heterocycles. The van der Waals surface area contributed by atoms with E-state index in [4.69, 9.17) is 11.6 Å². The van der Waals surface area contributed by atoms with Crippen LogP contribution in [0.3, 0.4) is 0 Å². The molecule has 1 aromatic carbocycles. The first-order chi connectivity index (χ1) is 9.12. The van der Waals surface area contributed by atoms with Crippen LogP contribution in [-0.4, -0.2) is 27.0 Å². The van der Waals surface area contributed by atoms with Crippen molar-refractivity contribution in [2.24, 2.45) is 0 Å². The van der Waals surface area contributed by atoms with Gasteiger partial charge < -0.3 is 0 Å². The fourth-order valence-corrected chi connectivity index (χ4v) is 2.87. The molecule has 0 spiro atoms. The maximum atomic E-state index is 12.0. The highest BCUT2D eigenvalue weighted by atomic mass is 35.5. The molecule has 1 heterocycles. The van der Waals surface area contributed by atoms with Gasteiger partial charge in [0, 0.05) is 12.4 Å². The second kappa shape index (κ2) is 6.62. The number of sulfonamides is 1. The molecule has 0 amide bonds. The Balaban J connectivity index is 1.97. The Kier molecular flexibility index (Phi) is 5.11. The lowest BCUT2D eigenvalue weighted by molar-refractivity contribution is 0.505. The van der Waals surface area contributed by atoms with E-state index in [1.807, 2.05) is 0 Å². The van der Waals surface area contributed by atoms with Gasteiger partial charge in [-0.25, -0.2) is 24.0 Å². The number of aryl methyl sites for hydroxylation is 1. The number of rotatable bonds is 6. The Morgan fingerprint density at radius 3 is 2.37 bits per heavy atom. The van der Waals surface area contributed by atoms with E-state index in [1.54, 1.807) is 24.3 Å². The summed E-state index contributed by atoms with van der Waals surface area (Å²) < 4.78 is 26.6. The average Bonchev–Trinajstić information content (AvgIpc) is 2.91. The normalized spacial score (nSPS) is 16.9. The lowest BCUT2D eigenvalue weighted by Crippen LogP contribution is -2.44. The molecule has 1 aromatic rings. The van der Waals surface area contributed by atoms with Gasteiger partial charge in [0.15, 0.2) is 0 Å². The van der Waals surface area contributed by atoms with Crippen LogP contribution in [0, 0.1) is 0 Å². The molecule has 0 aliphatic carbocycles. The molecular formula is C10H16ClN5O2S. The standard InChI is InChI=1S/C10H16ClN5O2S/c11-6-5-8-1-3-9(4-2-8)19(17,18)12-7-10-13-15-16-14-10/h1-4,10,12-16H,5-7H2. The number of hydrogen-bond acceptors (Lipinski definition) is 6. The van der Waals surface area contributed by atoms with E-state index in [-0.39, 0.29) is 17.6 Å². The molecule has 0 radical (unpaired) electrons. The Bertz CT molecular complexity index is 501. The molecule has 1 aliphatic heterocycles. The van der Waals surface area contributed by atoms with Crippen molar-refractivity contribution < 1.29 is 8.42 Å². The number of nitrogens with one attached hydrogen (secondary N) is 5. The number of hydrogen-bond donors (Lipinski definition) is 5. The first kappa shape index (κ1) is 14.7. The zero-order valence-electron chi connectivity index (χ0n) is 10.1. The molecule has 1 fully saturated rings. The van der Waals surface area contributed by atoms with Gasteiger partial charge in [-0.3, -0.25) is 0 Å². The van der Waals surface area contributed by atoms with Crippen LogP contribution in [0.15, 0.2) is 29.2 Å². The molecule has 106 valence electrons. The van der Waals surface area contributed by atoms with Crippen LogP contribution in [0.1, 0.15) is 5.56 Å². The zero-order chi connectivity index (χ0) is 13.7. The Labute approximate surface area is 117 Å². The van der Waals surface area contributed by atoms with Crippen LogP contribution in [-0.2, 0) is 16.4 Å². The quantitative estimate of drug-likeness (QED) is 0.441. The maximum absolute atomic E-state index is 12.0. The minimum absolute atomic E-state index is 0.214. The molecule has 0 unspecified atom stereocenters. The number of halogens is 1. The van der Waals surface area contributed by atoms with Crippen molar-refractivity contribution in [3.63, 3.8) is 0 Å². The topological polar surface area (TPSA) is 94.3 Å². The van der Waals surface area contributed by atoms with Gasteiger partial charge in [-0.2, -0.15) is 11.1 Å². The van der Waals surface area contributed by atoms with Crippen LogP contribution in [0.5, 0.6) is 0 Å². The minimum Gasteiger partial charge on any atom is -0.223 e. The zero-order valence-corrected chi connectivity index (χ0v) is 11.7. The predicted octanol–water partition coefficient (Wildman–Crippen LogP) is -0.811. The van der Waals surface area contributed by atoms with E-state index < -0.39 is 10.0 Å². The van der Waals surface area contributed by atoms with Crippen molar-refractivity contribution in [1.29, 1.82) is 0 Å². The fourth-order valence-electron chi connectivity index (χ4n) is 1.61. The van der Waals surface area contributed by atoms with Crippen LogP contribution in [0.4, 0.5) is 0 Å². The molecule has 0 atom stereocenters. The highest BCUT2D eigenvalue weighted by Crippen LogP contribution is 2.11. The highest BCUT2D eigenvalue weighted by molar-refractivity contribution is 7.89. The predicted molar refractivity (Wildman–Crippen MR) is 72.4 cm³/mol. The summed E-state index contributed by atoms with van der Waals surface area (Å²) in [6, 6.07) is 6.70. The first-order valence-electron chi connectivity index (χ1n) is 5.77. The van der Waals surface area contributed by atoms with Crippen LogP contribution < -0.4 is 26.6 Å². The summed E-state index contributed by atoms with van der Waals surface area (Å²) in [5.41, 5.74) is 11.8. The summed E-state index contributed by atoms with van der Waals surface area (Å²) in [7, 11) is -3.50. The Morgan fingerprint density at radius 2 is 1.79 bits per heavy atom. The lowest BCUT2D eigenvalue weighted by atomic mass is 10.2. The van der Waals surface area contributed by atoms with E-state index in [0.29, 0.717) is 5.88 Å². The first-order valence-corrected chi connectivity index (χ1v) is 7.79. The smallest absolute Gasteiger partial charge is 0.223 e. The number of hydrazine groups is 3. The van der Waals surface area contributed by atoms with Crippen molar-refractivity contribution >= 4 is 21.6 Å². The summed E-state index contributed by atoms with van der Waals surface area (Å²) >= 11 is 5.63. The molecule has 1 aliphatic rings. The largest absolute Gasteiger partial charge is 0.240 e. The lowest BCUT2D eigenvalue weighted by Gasteiger charge is -2.11. The molecule has 9 heteroatoms. The summed E-state index contributed by atoms with van der Waals surface area (Å²) in [6.07, 6.45) is 0.507. The third kappa shape index (κ3) is 4.11. The molecule has 0 saturated carbocycles. The Morgan fingerprint density at radius 1 is 1.16 bits per heavy atom. The van der Waals surface area contributed by atoms with Crippen molar-refractivity contribution in [2.45, 2.75) is 17.5 Å². The van der Waals surface area contributed by atoms with E-state index in [0.717, 1.165) is 12.0 Å². The Hall–Kier alpha value is -0.740.